The number of ether oxygens (including phenoxy) is 1. The summed E-state index contributed by atoms with van der Waals surface area (Å²) in [5, 5.41) is 10.6. The molecule has 0 amide bonds. The van der Waals surface area contributed by atoms with E-state index in [-0.39, 0.29) is 10.8 Å². The number of hydrogen-bond donors (Lipinski definition) is 2. The van der Waals surface area contributed by atoms with E-state index >= 15 is 0 Å². The molecule has 1 aromatic carbocycles. The quantitative estimate of drug-likeness (QED) is 0.857. The molecule has 0 aliphatic heterocycles. The van der Waals surface area contributed by atoms with Crippen molar-refractivity contribution in [1.82, 2.24) is 0 Å². The summed E-state index contributed by atoms with van der Waals surface area (Å²) in [7, 11) is -2.09. The van der Waals surface area contributed by atoms with Crippen molar-refractivity contribution in [3.05, 3.63) is 46.8 Å². The first kappa shape index (κ1) is 15.0. The molecule has 108 valence electrons. The third kappa shape index (κ3) is 3.37. The molecule has 0 saturated carbocycles. The summed E-state index contributed by atoms with van der Waals surface area (Å²) < 4.78 is 32.3. The van der Waals surface area contributed by atoms with Crippen molar-refractivity contribution in [2.75, 3.05) is 11.8 Å². The van der Waals surface area contributed by atoms with E-state index in [0.717, 1.165) is 16.9 Å². The Bertz CT molecular complexity index is 679. The highest BCUT2D eigenvalue weighted by atomic mass is 32.2. The van der Waals surface area contributed by atoms with Crippen LogP contribution < -0.4 is 4.72 Å². The molecule has 20 heavy (non-hydrogen) atoms. The SMILES string of the molecule is COCc1ccccc1NS(=O)(=O)c1cc(CO)cs1. The third-order valence-electron chi connectivity index (χ3n) is 2.64. The van der Waals surface area contributed by atoms with Gasteiger partial charge < -0.3 is 9.84 Å². The molecule has 2 aromatic rings. The summed E-state index contributed by atoms with van der Waals surface area (Å²) in [4.78, 5) is 0. The average Bonchev–Trinajstić information content (AvgIpc) is 2.91. The van der Waals surface area contributed by atoms with Gasteiger partial charge in [-0.25, -0.2) is 8.42 Å². The fourth-order valence-corrected chi connectivity index (χ4v) is 3.97. The van der Waals surface area contributed by atoms with Crippen molar-refractivity contribution in [2.24, 2.45) is 0 Å². The molecule has 0 saturated heterocycles. The van der Waals surface area contributed by atoms with Crippen LogP contribution in [0.2, 0.25) is 0 Å². The molecular weight excluding hydrogens is 298 g/mol. The summed E-state index contributed by atoms with van der Waals surface area (Å²) in [5.41, 5.74) is 1.84. The standard InChI is InChI=1S/C13H15NO4S2/c1-18-8-11-4-2-3-5-12(11)14-20(16,17)13-6-10(7-15)9-19-13/h2-6,9,14-15H,7-8H2,1H3. The lowest BCUT2D eigenvalue weighted by Gasteiger charge is -2.11. The Hall–Kier alpha value is -1.41. The van der Waals surface area contributed by atoms with E-state index in [1.54, 1.807) is 30.7 Å². The molecule has 1 aromatic heterocycles. The second-order valence-corrected chi connectivity index (χ2v) is 6.95. The summed E-state index contributed by atoms with van der Waals surface area (Å²) in [5.74, 6) is 0. The van der Waals surface area contributed by atoms with E-state index in [0.29, 0.717) is 17.9 Å². The van der Waals surface area contributed by atoms with E-state index in [2.05, 4.69) is 4.72 Å². The summed E-state index contributed by atoms with van der Waals surface area (Å²) in [6, 6.07) is 8.53. The maximum absolute atomic E-state index is 12.3. The maximum Gasteiger partial charge on any atom is 0.271 e. The van der Waals surface area contributed by atoms with Gasteiger partial charge in [-0.15, -0.1) is 11.3 Å². The summed E-state index contributed by atoms with van der Waals surface area (Å²) in [6.07, 6.45) is 0. The van der Waals surface area contributed by atoms with Crippen LogP contribution in [0.5, 0.6) is 0 Å². The highest BCUT2D eigenvalue weighted by Crippen LogP contribution is 2.25. The third-order valence-corrected chi connectivity index (χ3v) is 5.49. The van der Waals surface area contributed by atoms with Gasteiger partial charge in [0.15, 0.2) is 0 Å². The van der Waals surface area contributed by atoms with Crippen molar-refractivity contribution in [3.8, 4) is 0 Å². The smallest absolute Gasteiger partial charge is 0.271 e. The molecule has 5 nitrogen and oxygen atoms in total. The molecule has 0 fully saturated rings. The lowest BCUT2D eigenvalue weighted by atomic mass is 10.2. The maximum atomic E-state index is 12.3. The van der Waals surface area contributed by atoms with Crippen LogP contribution in [0, 0.1) is 0 Å². The van der Waals surface area contributed by atoms with E-state index in [1.807, 2.05) is 6.07 Å². The summed E-state index contributed by atoms with van der Waals surface area (Å²) >= 11 is 1.08. The lowest BCUT2D eigenvalue weighted by molar-refractivity contribution is 0.185. The Morgan fingerprint density at radius 3 is 2.75 bits per heavy atom. The van der Waals surface area contributed by atoms with Crippen molar-refractivity contribution in [2.45, 2.75) is 17.4 Å². The van der Waals surface area contributed by atoms with Crippen LogP contribution in [0.25, 0.3) is 0 Å². The minimum absolute atomic E-state index is 0.174. The molecule has 0 unspecified atom stereocenters. The van der Waals surface area contributed by atoms with Gasteiger partial charge in [-0.3, -0.25) is 4.72 Å². The van der Waals surface area contributed by atoms with Gasteiger partial charge in [0.1, 0.15) is 4.21 Å². The van der Waals surface area contributed by atoms with Crippen molar-refractivity contribution < 1.29 is 18.3 Å². The van der Waals surface area contributed by atoms with Gasteiger partial charge in [-0.2, -0.15) is 0 Å². The van der Waals surface area contributed by atoms with Crippen LogP contribution in [0.15, 0.2) is 39.9 Å². The van der Waals surface area contributed by atoms with Gasteiger partial charge >= 0.3 is 0 Å². The first-order valence-corrected chi connectivity index (χ1v) is 8.21. The largest absolute Gasteiger partial charge is 0.392 e. The Morgan fingerprint density at radius 2 is 2.10 bits per heavy atom. The van der Waals surface area contributed by atoms with Gasteiger partial charge in [0.05, 0.1) is 18.9 Å². The molecule has 0 atom stereocenters. The van der Waals surface area contributed by atoms with Gasteiger partial charge in [-0.05, 0) is 23.1 Å². The van der Waals surface area contributed by atoms with Crippen LogP contribution >= 0.6 is 11.3 Å². The number of methoxy groups -OCH3 is 1. The molecular formula is C13H15NO4S2. The number of sulfonamides is 1. The van der Waals surface area contributed by atoms with Crippen LogP contribution in [0.1, 0.15) is 11.1 Å². The molecule has 1 heterocycles. The van der Waals surface area contributed by atoms with E-state index < -0.39 is 10.0 Å². The fraction of sp³-hybridized carbons (Fsp3) is 0.231. The van der Waals surface area contributed by atoms with Gasteiger partial charge in [0.25, 0.3) is 10.0 Å². The van der Waals surface area contributed by atoms with Gasteiger partial charge in [0, 0.05) is 12.7 Å². The number of rotatable bonds is 6. The van der Waals surface area contributed by atoms with E-state index in [1.165, 1.54) is 6.07 Å². The number of nitrogens with one attached hydrogen (secondary N) is 1. The fourth-order valence-electron chi connectivity index (χ4n) is 1.67. The Morgan fingerprint density at radius 1 is 1.35 bits per heavy atom. The molecule has 0 aliphatic carbocycles. The highest BCUT2D eigenvalue weighted by molar-refractivity contribution is 7.94. The molecule has 0 radical (unpaired) electrons. The predicted molar refractivity (Wildman–Crippen MR) is 78.2 cm³/mol. The zero-order valence-corrected chi connectivity index (χ0v) is 12.5. The van der Waals surface area contributed by atoms with Crippen LogP contribution in [-0.2, 0) is 28.0 Å². The molecule has 0 bridgehead atoms. The van der Waals surface area contributed by atoms with Crippen LogP contribution in [0.4, 0.5) is 5.69 Å². The zero-order chi connectivity index (χ0) is 14.6. The number of benzene rings is 1. The monoisotopic (exact) mass is 313 g/mol. The minimum atomic E-state index is -3.64. The number of aliphatic hydroxyl groups is 1. The van der Waals surface area contributed by atoms with Gasteiger partial charge in [-0.1, -0.05) is 18.2 Å². The number of para-hydroxylation sites is 1. The molecule has 7 heteroatoms. The Labute approximate surface area is 121 Å². The number of thiophene rings is 1. The minimum Gasteiger partial charge on any atom is -0.392 e. The van der Waals surface area contributed by atoms with Crippen LogP contribution in [-0.4, -0.2) is 20.6 Å². The topological polar surface area (TPSA) is 75.6 Å². The van der Waals surface area contributed by atoms with Crippen molar-refractivity contribution >= 4 is 27.0 Å². The number of hydrogen-bond acceptors (Lipinski definition) is 5. The second kappa shape index (κ2) is 6.36. The zero-order valence-electron chi connectivity index (χ0n) is 10.9. The highest BCUT2D eigenvalue weighted by Gasteiger charge is 2.18. The second-order valence-electron chi connectivity index (χ2n) is 4.13. The van der Waals surface area contributed by atoms with Gasteiger partial charge in [0.2, 0.25) is 0 Å². The normalized spacial score (nSPS) is 11.5. The van der Waals surface area contributed by atoms with Crippen LogP contribution in [0.3, 0.4) is 0 Å². The Kier molecular flexibility index (Phi) is 4.77. The summed E-state index contributed by atoms with van der Waals surface area (Å²) in [6.45, 7) is 0.150. The van der Waals surface area contributed by atoms with E-state index in [4.69, 9.17) is 9.84 Å². The Balaban J connectivity index is 2.28. The number of anilines is 1. The lowest BCUT2D eigenvalue weighted by Crippen LogP contribution is -2.13. The molecule has 2 N–H and O–H groups in total. The van der Waals surface area contributed by atoms with Crippen molar-refractivity contribution in [3.63, 3.8) is 0 Å². The van der Waals surface area contributed by atoms with Crippen molar-refractivity contribution in [1.29, 1.82) is 0 Å². The number of aliphatic hydroxyl groups excluding tert-OH is 1. The van der Waals surface area contributed by atoms with E-state index in [9.17, 15) is 8.42 Å². The molecule has 0 aliphatic rings. The molecule has 0 spiro atoms. The average molecular weight is 313 g/mol. The predicted octanol–water partition coefficient (Wildman–Crippen LogP) is 2.19. The first-order chi connectivity index (χ1) is 9.56. The first-order valence-electron chi connectivity index (χ1n) is 5.85. The molecule has 2 rings (SSSR count).